The third-order valence-electron chi connectivity index (χ3n) is 7.44. The van der Waals surface area contributed by atoms with Gasteiger partial charge in [0.1, 0.15) is 11.5 Å². The Hall–Kier alpha value is -2.67. The van der Waals surface area contributed by atoms with E-state index in [4.69, 9.17) is 4.74 Å². The van der Waals surface area contributed by atoms with Gasteiger partial charge in [0.15, 0.2) is 0 Å². The van der Waals surface area contributed by atoms with Crippen molar-refractivity contribution in [2.24, 2.45) is 11.8 Å². The normalized spacial score (nSPS) is 39.1. The van der Waals surface area contributed by atoms with Crippen molar-refractivity contribution in [3.63, 3.8) is 0 Å². The fourth-order valence-electron chi connectivity index (χ4n) is 6.30. The number of nitrogens with zero attached hydrogens (tertiary/aromatic N) is 2. The molecule has 3 saturated heterocycles. The maximum atomic E-state index is 13.5. The number of hydrogen-bond donors (Lipinski definition) is 1. The van der Waals surface area contributed by atoms with Gasteiger partial charge in [0.05, 0.1) is 24.1 Å². The fraction of sp³-hybridized carbons (Fsp3) is 0.500. The molecule has 1 N–H and O–H groups in total. The van der Waals surface area contributed by atoms with Gasteiger partial charge in [-0.3, -0.25) is 14.4 Å². The first-order valence-electron chi connectivity index (χ1n) is 10.3. The van der Waals surface area contributed by atoms with Gasteiger partial charge in [-0.15, -0.1) is 0 Å². The lowest BCUT2D eigenvalue weighted by Gasteiger charge is -2.44. The van der Waals surface area contributed by atoms with Gasteiger partial charge in [0.25, 0.3) is 0 Å². The van der Waals surface area contributed by atoms with Crippen molar-refractivity contribution in [1.29, 1.82) is 0 Å². The number of hydrogen-bond acceptors (Lipinski definition) is 4. The van der Waals surface area contributed by atoms with Crippen LogP contribution in [0.4, 0.5) is 5.69 Å². The van der Waals surface area contributed by atoms with E-state index in [1.165, 1.54) is 0 Å². The van der Waals surface area contributed by atoms with E-state index in [2.05, 4.69) is 6.07 Å². The molecule has 1 aromatic carbocycles. The fourth-order valence-corrected chi connectivity index (χ4v) is 6.30. The smallest absolute Gasteiger partial charge is 0.310 e. The van der Waals surface area contributed by atoms with E-state index in [1.807, 2.05) is 30.0 Å². The first-order chi connectivity index (χ1) is 13.9. The van der Waals surface area contributed by atoms with E-state index >= 15 is 0 Å². The number of amides is 2. The van der Waals surface area contributed by atoms with E-state index in [0.29, 0.717) is 19.4 Å². The molecule has 0 saturated carbocycles. The van der Waals surface area contributed by atoms with Gasteiger partial charge in [-0.25, -0.2) is 0 Å². The summed E-state index contributed by atoms with van der Waals surface area (Å²) in [6, 6.07) is 5.53. The number of carboxylic acid groups (broad SMARTS) is 1. The average molecular weight is 394 g/mol. The van der Waals surface area contributed by atoms with Crippen LogP contribution in [0.25, 0.3) is 0 Å². The number of likely N-dealkylation sites (tertiary alicyclic amines) is 1. The highest BCUT2D eigenvalue weighted by molar-refractivity contribution is 6.04. The minimum absolute atomic E-state index is 0.123. The molecule has 1 aromatic rings. The predicted octanol–water partition coefficient (Wildman–Crippen LogP) is 1.80. The quantitative estimate of drug-likeness (QED) is 0.773. The summed E-state index contributed by atoms with van der Waals surface area (Å²) in [5.41, 5.74) is 1.92. The van der Waals surface area contributed by atoms with Crippen LogP contribution in [0.1, 0.15) is 36.4 Å². The molecule has 7 heteroatoms. The lowest BCUT2D eigenvalue weighted by Crippen LogP contribution is -2.50. The van der Waals surface area contributed by atoms with Gasteiger partial charge >= 0.3 is 5.97 Å². The Morgan fingerprint density at radius 2 is 2.14 bits per heavy atom. The van der Waals surface area contributed by atoms with Gasteiger partial charge in [0.2, 0.25) is 11.8 Å². The van der Waals surface area contributed by atoms with Crippen LogP contribution in [0.3, 0.4) is 0 Å². The Balaban J connectivity index is 1.52. The van der Waals surface area contributed by atoms with Crippen molar-refractivity contribution >= 4 is 23.5 Å². The molecular formula is C22H22N2O5. The molecule has 2 bridgehead atoms. The van der Waals surface area contributed by atoms with Crippen LogP contribution in [0, 0.1) is 18.8 Å². The Labute approximate surface area is 167 Å². The van der Waals surface area contributed by atoms with Gasteiger partial charge in [-0.05, 0) is 31.4 Å². The summed E-state index contributed by atoms with van der Waals surface area (Å²) in [6.07, 6.45) is 5.11. The number of anilines is 1. The molecule has 3 fully saturated rings. The zero-order valence-corrected chi connectivity index (χ0v) is 16.1. The predicted molar refractivity (Wildman–Crippen MR) is 102 cm³/mol. The number of aryl methyl sites for hydroxylation is 1. The van der Waals surface area contributed by atoms with Crippen LogP contribution in [0.2, 0.25) is 0 Å². The van der Waals surface area contributed by atoms with Crippen molar-refractivity contribution in [3.05, 3.63) is 41.5 Å². The number of aliphatic carboxylic acids is 1. The van der Waals surface area contributed by atoms with E-state index in [-0.39, 0.29) is 23.9 Å². The van der Waals surface area contributed by atoms with Gasteiger partial charge in [0, 0.05) is 18.7 Å². The zero-order valence-electron chi connectivity index (χ0n) is 16.1. The highest BCUT2D eigenvalue weighted by Gasteiger charge is 2.72. The van der Waals surface area contributed by atoms with E-state index in [9.17, 15) is 19.5 Å². The summed E-state index contributed by atoms with van der Waals surface area (Å²) in [6.45, 7) is 2.72. The number of ether oxygens (including phenoxy) is 1. The molecule has 0 aliphatic carbocycles. The number of fused-ring (bicyclic) bond motifs is 4. The lowest BCUT2D eigenvalue weighted by molar-refractivity contribution is -0.146. The van der Waals surface area contributed by atoms with Crippen LogP contribution in [0.5, 0.6) is 0 Å². The Morgan fingerprint density at radius 1 is 1.31 bits per heavy atom. The largest absolute Gasteiger partial charge is 0.481 e. The molecule has 0 aromatic heterocycles. The minimum Gasteiger partial charge on any atom is -0.481 e. The molecule has 5 aliphatic rings. The van der Waals surface area contributed by atoms with Crippen LogP contribution < -0.4 is 4.90 Å². The van der Waals surface area contributed by atoms with E-state index in [0.717, 1.165) is 23.2 Å². The standard InChI is InChI=1S/C22H22N2O5/c1-11-4-5-13-12(9-11)14(23-8-2-3-17(23)25)10-16-22-7-6-15(29-22)18(21(27)28)19(22)20(26)24(13)16/h4-7,9,14-16,18-19H,2-3,8,10H2,1H3,(H,27,28)/t14-,15+,16-,18+,19-,22+/m0/s1. The number of carbonyl (C=O) groups is 3. The Morgan fingerprint density at radius 3 is 2.86 bits per heavy atom. The molecule has 6 atom stereocenters. The summed E-state index contributed by atoms with van der Waals surface area (Å²) in [4.78, 5) is 41.8. The van der Waals surface area contributed by atoms with Gasteiger partial charge < -0.3 is 19.6 Å². The summed E-state index contributed by atoms with van der Waals surface area (Å²) in [5, 5.41) is 9.78. The first-order valence-corrected chi connectivity index (χ1v) is 10.3. The van der Waals surface area contributed by atoms with Crippen molar-refractivity contribution in [2.45, 2.75) is 50.0 Å². The van der Waals surface area contributed by atoms with Crippen LogP contribution in [-0.4, -0.2) is 52.1 Å². The van der Waals surface area contributed by atoms with Crippen LogP contribution >= 0.6 is 0 Å². The highest BCUT2D eigenvalue weighted by Crippen LogP contribution is 2.60. The molecule has 0 unspecified atom stereocenters. The van der Waals surface area contributed by atoms with Crippen LogP contribution in [-0.2, 0) is 19.1 Å². The zero-order chi connectivity index (χ0) is 20.1. The summed E-state index contributed by atoms with van der Waals surface area (Å²) < 4.78 is 6.22. The van der Waals surface area contributed by atoms with Gasteiger partial charge in [-0.2, -0.15) is 0 Å². The second kappa shape index (κ2) is 5.48. The Kier molecular flexibility index (Phi) is 3.25. The maximum absolute atomic E-state index is 13.5. The third-order valence-corrected chi connectivity index (χ3v) is 7.44. The molecule has 1 spiro atoms. The van der Waals surface area contributed by atoms with Gasteiger partial charge in [-0.1, -0.05) is 29.8 Å². The number of benzene rings is 1. The Bertz CT molecular complexity index is 1000. The van der Waals surface area contributed by atoms with Crippen LogP contribution in [0.15, 0.2) is 30.4 Å². The first kappa shape index (κ1) is 17.2. The molecule has 5 heterocycles. The second-order valence-electron chi connectivity index (χ2n) is 8.87. The van der Waals surface area contributed by atoms with Crippen molar-refractivity contribution in [3.8, 4) is 0 Å². The molecule has 0 radical (unpaired) electrons. The molecule has 6 rings (SSSR count). The SMILES string of the molecule is Cc1ccc2c(c1)[C@@H](N1CCCC1=O)C[C@@H]1N2C(=O)[C@@H]2[C@H](C(=O)O)[C@H]3C=C[C@]21O3. The van der Waals surface area contributed by atoms with E-state index in [1.54, 1.807) is 11.0 Å². The summed E-state index contributed by atoms with van der Waals surface area (Å²) in [7, 11) is 0. The minimum atomic E-state index is -0.991. The lowest BCUT2D eigenvalue weighted by atomic mass is 9.73. The summed E-state index contributed by atoms with van der Waals surface area (Å²) in [5.74, 6) is -2.61. The monoisotopic (exact) mass is 394 g/mol. The molecule has 7 nitrogen and oxygen atoms in total. The maximum Gasteiger partial charge on any atom is 0.310 e. The van der Waals surface area contributed by atoms with Crippen molar-refractivity contribution < 1.29 is 24.2 Å². The number of rotatable bonds is 2. The molecular weight excluding hydrogens is 372 g/mol. The van der Waals surface area contributed by atoms with Crippen molar-refractivity contribution in [2.75, 3.05) is 11.4 Å². The number of carbonyl (C=O) groups excluding carboxylic acids is 2. The summed E-state index contributed by atoms with van der Waals surface area (Å²) >= 11 is 0. The average Bonchev–Trinajstić information content (AvgIpc) is 3.43. The highest BCUT2D eigenvalue weighted by atomic mass is 16.5. The topological polar surface area (TPSA) is 87.2 Å². The molecule has 29 heavy (non-hydrogen) atoms. The second-order valence-corrected chi connectivity index (χ2v) is 8.87. The molecule has 5 aliphatic heterocycles. The number of carboxylic acids is 1. The van der Waals surface area contributed by atoms with Crippen molar-refractivity contribution in [1.82, 2.24) is 4.90 Å². The third kappa shape index (κ3) is 1.99. The van der Waals surface area contributed by atoms with E-state index < -0.39 is 29.5 Å². The molecule has 150 valence electrons. The molecule has 2 amide bonds.